The summed E-state index contributed by atoms with van der Waals surface area (Å²) in [5.74, 6) is 0. The van der Waals surface area contributed by atoms with E-state index in [0.29, 0.717) is 10.0 Å². The maximum atomic E-state index is 6.26. The Morgan fingerprint density at radius 1 is 1.29 bits per heavy atom. The second-order valence-corrected chi connectivity index (χ2v) is 5.34. The normalized spacial score (nSPS) is 12.6. The Hall–Kier alpha value is -0.540. The van der Waals surface area contributed by atoms with Gasteiger partial charge in [-0.2, -0.15) is 11.3 Å². The molecule has 0 saturated carbocycles. The molecule has 1 heterocycles. The van der Waals surface area contributed by atoms with Crippen LogP contribution >= 0.6 is 34.5 Å². The van der Waals surface area contributed by atoms with E-state index in [1.165, 1.54) is 5.56 Å². The van der Waals surface area contributed by atoms with Crippen LogP contribution in [0.5, 0.6) is 0 Å². The minimum Gasteiger partial charge on any atom is -0.306 e. The van der Waals surface area contributed by atoms with Crippen LogP contribution < -0.4 is 5.32 Å². The van der Waals surface area contributed by atoms with Crippen molar-refractivity contribution in [2.45, 2.75) is 13.0 Å². The molecule has 0 bridgehead atoms. The van der Waals surface area contributed by atoms with Gasteiger partial charge in [-0.1, -0.05) is 36.2 Å². The van der Waals surface area contributed by atoms with Crippen molar-refractivity contribution in [2.75, 3.05) is 6.54 Å². The van der Waals surface area contributed by atoms with Crippen LogP contribution in [0.1, 0.15) is 24.1 Å². The Bertz CT molecular complexity index is 482. The maximum Gasteiger partial charge on any atom is 0.0599 e. The second-order valence-electron chi connectivity index (χ2n) is 3.71. The Morgan fingerprint density at radius 2 is 2.12 bits per heavy atom. The number of benzene rings is 1. The molecule has 2 rings (SSSR count). The molecular formula is C13H13Cl2NS. The lowest BCUT2D eigenvalue weighted by Gasteiger charge is -2.18. The topological polar surface area (TPSA) is 12.0 Å². The second kappa shape index (κ2) is 5.87. The molecule has 17 heavy (non-hydrogen) atoms. The van der Waals surface area contributed by atoms with Crippen LogP contribution in [-0.4, -0.2) is 6.54 Å². The first kappa shape index (κ1) is 12.9. The average molecular weight is 286 g/mol. The van der Waals surface area contributed by atoms with E-state index in [4.69, 9.17) is 23.2 Å². The maximum absolute atomic E-state index is 6.26. The summed E-state index contributed by atoms with van der Waals surface area (Å²) in [7, 11) is 0. The van der Waals surface area contributed by atoms with Gasteiger partial charge in [-0.05, 0) is 46.6 Å². The number of nitrogens with one attached hydrogen (secondary N) is 1. The molecule has 1 atom stereocenters. The Balaban J connectivity index is 2.39. The van der Waals surface area contributed by atoms with Crippen molar-refractivity contribution in [3.63, 3.8) is 0 Å². The lowest BCUT2D eigenvalue weighted by molar-refractivity contribution is 0.632. The molecule has 2 aromatic rings. The summed E-state index contributed by atoms with van der Waals surface area (Å²) in [6.45, 7) is 2.97. The van der Waals surface area contributed by atoms with Gasteiger partial charge in [0.05, 0.1) is 6.04 Å². The van der Waals surface area contributed by atoms with Gasteiger partial charge in [0.2, 0.25) is 0 Å². The summed E-state index contributed by atoms with van der Waals surface area (Å²) in [4.78, 5) is 0. The molecule has 1 nitrogen and oxygen atoms in total. The summed E-state index contributed by atoms with van der Waals surface area (Å²) < 4.78 is 0. The highest BCUT2D eigenvalue weighted by Crippen LogP contribution is 2.31. The van der Waals surface area contributed by atoms with Gasteiger partial charge in [0.15, 0.2) is 0 Å². The molecule has 1 unspecified atom stereocenters. The van der Waals surface area contributed by atoms with Crippen LogP contribution in [0.25, 0.3) is 0 Å². The fourth-order valence-corrected chi connectivity index (χ4v) is 2.99. The number of thiophene rings is 1. The first-order valence-electron chi connectivity index (χ1n) is 5.42. The zero-order valence-corrected chi connectivity index (χ0v) is 11.7. The zero-order valence-electron chi connectivity index (χ0n) is 9.41. The van der Waals surface area contributed by atoms with E-state index in [9.17, 15) is 0 Å². The average Bonchev–Trinajstić information content (AvgIpc) is 2.80. The third kappa shape index (κ3) is 3.02. The number of hydrogen-bond donors (Lipinski definition) is 1. The third-order valence-electron chi connectivity index (χ3n) is 2.56. The van der Waals surface area contributed by atoms with Crippen molar-refractivity contribution >= 4 is 34.5 Å². The quantitative estimate of drug-likeness (QED) is 0.855. The zero-order chi connectivity index (χ0) is 12.3. The molecule has 0 fully saturated rings. The number of rotatable bonds is 4. The fraction of sp³-hybridized carbons (Fsp3) is 0.231. The summed E-state index contributed by atoms with van der Waals surface area (Å²) in [6.07, 6.45) is 0. The number of hydrogen-bond acceptors (Lipinski definition) is 2. The van der Waals surface area contributed by atoms with Crippen molar-refractivity contribution in [1.82, 2.24) is 5.32 Å². The van der Waals surface area contributed by atoms with Gasteiger partial charge in [-0.15, -0.1) is 0 Å². The van der Waals surface area contributed by atoms with Gasteiger partial charge < -0.3 is 5.32 Å². The minimum absolute atomic E-state index is 0.135. The molecule has 0 saturated heterocycles. The molecule has 1 aromatic heterocycles. The standard InChI is InChI=1S/C13H13Cl2NS/c1-2-16-13(9-5-6-17-8-9)11-4-3-10(14)7-12(11)15/h3-8,13,16H,2H2,1H3. The minimum atomic E-state index is 0.135. The smallest absolute Gasteiger partial charge is 0.0599 e. The van der Waals surface area contributed by atoms with Crippen LogP contribution in [0.15, 0.2) is 35.0 Å². The fourth-order valence-electron chi connectivity index (χ4n) is 1.79. The number of halogens is 2. The molecule has 0 aliphatic heterocycles. The van der Waals surface area contributed by atoms with Crippen LogP contribution in [0.4, 0.5) is 0 Å². The highest BCUT2D eigenvalue weighted by atomic mass is 35.5. The lowest BCUT2D eigenvalue weighted by atomic mass is 10.0. The molecule has 0 amide bonds. The van der Waals surface area contributed by atoms with Gasteiger partial charge in [0, 0.05) is 10.0 Å². The van der Waals surface area contributed by atoms with E-state index >= 15 is 0 Å². The highest BCUT2D eigenvalue weighted by Gasteiger charge is 2.16. The first-order valence-corrected chi connectivity index (χ1v) is 7.12. The Morgan fingerprint density at radius 3 is 2.71 bits per heavy atom. The van der Waals surface area contributed by atoms with E-state index < -0.39 is 0 Å². The summed E-state index contributed by atoms with van der Waals surface area (Å²) in [6, 6.07) is 7.89. The van der Waals surface area contributed by atoms with E-state index in [1.807, 2.05) is 12.1 Å². The first-order chi connectivity index (χ1) is 8.22. The summed E-state index contributed by atoms with van der Waals surface area (Å²) in [5, 5.41) is 9.02. The van der Waals surface area contributed by atoms with Gasteiger partial charge in [0.25, 0.3) is 0 Å². The SMILES string of the molecule is CCNC(c1ccsc1)c1ccc(Cl)cc1Cl. The third-order valence-corrected chi connectivity index (χ3v) is 3.82. The van der Waals surface area contributed by atoms with Gasteiger partial charge in [-0.25, -0.2) is 0 Å². The van der Waals surface area contributed by atoms with E-state index in [0.717, 1.165) is 12.1 Å². The van der Waals surface area contributed by atoms with Gasteiger partial charge in [-0.3, -0.25) is 0 Å². The van der Waals surface area contributed by atoms with Gasteiger partial charge >= 0.3 is 0 Å². The van der Waals surface area contributed by atoms with Crippen molar-refractivity contribution in [1.29, 1.82) is 0 Å². The van der Waals surface area contributed by atoms with Crippen molar-refractivity contribution in [3.8, 4) is 0 Å². The van der Waals surface area contributed by atoms with Crippen LogP contribution in [0.2, 0.25) is 10.0 Å². The molecule has 1 N–H and O–H groups in total. The monoisotopic (exact) mass is 285 g/mol. The molecule has 0 aliphatic carbocycles. The molecule has 0 spiro atoms. The molecule has 0 aliphatic rings. The van der Waals surface area contributed by atoms with Crippen LogP contribution in [0.3, 0.4) is 0 Å². The van der Waals surface area contributed by atoms with Gasteiger partial charge in [0.1, 0.15) is 0 Å². The summed E-state index contributed by atoms with van der Waals surface area (Å²) in [5.41, 5.74) is 2.30. The van der Waals surface area contributed by atoms with Crippen molar-refractivity contribution in [3.05, 3.63) is 56.2 Å². The van der Waals surface area contributed by atoms with Crippen LogP contribution in [-0.2, 0) is 0 Å². The Kier molecular flexibility index (Phi) is 4.46. The van der Waals surface area contributed by atoms with E-state index in [-0.39, 0.29) is 6.04 Å². The van der Waals surface area contributed by atoms with E-state index in [1.54, 1.807) is 17.4 Å². The molecular weight excluding hydrogens is 273 g/mol. The van der Waals surface area contributed by atoms with Crippen LogP contribution in [0, 0.1) is 0 Å². The molecule has 4 heteroatoms. The molecule has 0 radical (unpaired) electrons. The summed E-state index contributed by atoms with van der Waals surface area (Å²) >= 11 is 13.9. The van der Waals surface area contributed by atoms with E-state index in [2.05, 4.69) is 29.1 Å². The van der Waals surface area contributed by atoms with Crippen molar-refractivity contribution in [2.24, 2.45) is 0 Å². The highest BCUT2D eigenvalue weighted by molar-refractivity contribution is 7.08. The largest absolute Gasteiger partial charge is 0.306 e. The predicted molar refractivity (Wildman–Crippen MR) is 76.3 cm³/mol. The Labute approximate surface area is 115 Å². The molecule has 1 aromatic carbocycles. The molecule has 90 valence electrons. The van der Waals surface area contributed by atoms with Crippen molar-refractivity contribution < 1.29 is 0 Å². The predicted octanol–water partition coefficient (Wildman–Crippen LogP) is 4.75. The lowest BCUT2D eigenvalue weighted by Crippen LogP contribution is -2.21.